The second-order valence-corrected chi connectivity index (χ2v) is 2.15. The highest BCUT2D eigenvalue weighted by Gasteiger charge is 1.96. The molecule has 1 aromatic rings. The summed E-state index contributed by atoms with van der Waals surface area (Å²) in [7, 11) is 0. The first-order chi connectivity index (χ1) is 4.74. The topological polar surface area (TPSA) is 55.4 Å². The highest BCUT2D eigenvalue weighted by atomic mass is 16.3. The van der Waals surface area contributed by atoms with Crippen molar-refractivity contribution in [1.29, 1.82) is 0 Å². The van der Waals surface area contributed by atoms with Gasteiger partial charge in [-0.05, 0) is 29.8 Å². The van der Waals surface area contributed by atoms with Crippen LogP contribution < -0.4 is 5.73 Å². The zero-order valence-electron chi connectivity index (χ0n) is 5.66. The molecule has 2 N–H and O–H groups in total. The lowest BCUT2D eigenvalue weighted by Crippen LogP contribution is -1.84. The van der Waals surface area contributed by atoms with Gasteiger partial charge in [-0.25, -0.2) is 0 Å². The molecule has 0 atom stereocenters. The Bertz CT molecular complexity index is 258. The summed E-state index contributed by atoms with van der Waals surface area (Å²) >= 11 is 0. The number of anilines is 1. The summed E-state index contributed by atoms with van der Waals surface area (Å²) in [5.74, 6) is 0. The monoisotopic (exact) mass is 136 g/mol. The molecule has 1 rings (SSSR count). The predicted molar refractivity (Wildman–Crippen MR) is 41.0 cm³/mol. The lowest BCUT2D eigenvalue weighted by atomic mass is 10.2. The smallest absolute Gasteiger partial charge is 0.131 e. The summed E-state index contributed by atoms with van der Waals surface area (Å²) in [6.07, 6.45) is 0. The van der Waals surface area contributed by atoms with Crippen LogP contribution in [0.5, 0.6) is 0 Å². The number of nitrogen functional groups attached to an aromatic ring is 1. The van der Waals surface area contributed by atoms with Crippen LogP contribution in [-0.2, 0) is 0 Å². The number of nitrogens with two attached hydrogens (primary N) is 1. The Kier molecular flexibility index (Phi) is 1.67. The van der Waals surface area contributed by atoms with Crippen molar-refractivity contribution in [2.75, 3.05) is 5.73 Å². The molecular weight excluding hydrogens is 128 g/mol. The van der Waals surface area contributed by atoms with Crippen molar-refractivity contribution < 1.29 is 0 Å². The van der Waals surface area contributed by atoms with E-state index in [2.05, 4.69) is 5.18 Å². The van der Waals surface area contributed by atoms with Crippen LogP contribution >= 0.6 is 0 Å². The van der Waals surface area contributed by atoms with E-state index in [0.29, 0.717) is 11.4 Å². The Morgan fingerprint density at radius 3 is 2.70 bits per heavy atom. The molecule has 0 saturated heterocycles. The SMILES string of the molecule is Cc1ccc(N)c(N=O)c1. The third kappa shape index (κ3) is 1.13. The summed E-state index contributed by atoms with van der Waals surface area (Å²) in [4.78, 5) is 10.0. The van der Waals surface area contributed by atoms with Gasteiger partial charge in [-0.3, -0.25) is 0 Å². The van der Waals surface area contributed by atoms with E-state index in [1.165, 1.54) is 0 Å². The molecule has 0 heterocycles. The summed E-state index contributed by atoms with van der Waals surface area (Å²) in [6, 6.07) is 5.17. The first-order valence-corrected chi connectivity index (χ1v) is 2.93. The molecule has 52 valence electrons. The maximum atomic E-state index is 10.0. The molecule has 0 amide bonds. The number of rotatable bonds is 1. The Morgan fingerprint density at radius 2 is 2.20 bits per heavy atom. The normalized spacial score (nSPS) is 9.30. The van der Waals surface area contributed by atoms with Crippen molar-refractivity contribution in [3.05, 3.63) is 28.7 Å². The average molecular weight is 136 g/mol. The molecule has 0 fully saturated rings. The van der Waals surface area contributed by atoms with Gasteiger partial charge in [0.1, 0.15) is 5.69 Å². The lowest BCUT2D eigenvalue weighted by Gasteiger charge is -1.96. The quantitative estimate of drug-likeness (QED) is 0.474. The van der Waals surface area contributed by atoms with Gasteiger partial charge < -0.3 is 5.73 Å². The summed E-state index contributed by atoms with van der Waals surface area (Å²) < 4.78 is 0. The average Bonchev–Trinajstić information content (AvgIpc) is 1.94. The van der Waals surface area contributed by atoms with Gasteiger partial charge in [-0.2, -0.15) is 0 Å². The molecule has 0 unspecified atom stereocenters. The number of hydrogen-bond acceptors (Lipinski definition) is 3. The Labute approximate surface area is 58.8 Å². The minimum atomic E-state index is 0.319. The molecule has 0 spiro atoms. The van der Waals surface area contributed by atoms with Gasteiger partial charge in [0.25, 0.3) is 0 Å². The summed E-state index contributed by atoms with van der Waals surface area (Å²) in [5, 5.41) is 2.76. The zero-order chi connectivity index (χ0) is 7.56. The maximum Gasteiger partial charge on any atom is 0.131 e. The van der Waals surface area contributed by atoms with Crippen LogP contribution in [0.25, 0.3) is 0 Å². The van der Waals surface area contributed by atoms with E-state index in [9.17, 15) is 4.91 Å². The molecule has 0 aromatic heterocycles. The molecule has 0 aliphatic rings. The van der Waals surface area contributed by atoms with Gasteiger partial charge in [0.05, 0.1) is 5.69 Å². The van der Waals surface area contributed by atoms with Crippen molar-refractivity contribution >= 4 is 11.4 Å². The molecule has 0 aliphatic heterocycles. The van der Waals surface area contributed by atoms with Crippen molar-refractivity contribution in [2.45, 2.75) is 6.92 Å². The standard InChI is InChI=1S/C7H8N2O/c1-5-2-3-6(8)7(4-5)9-10/h2-4H,8H2,1H3. The van der Waals surface area contributed by atoms with E-state index < -0.39 is 0 Å². The number of nitroso groups, excluding NO2 is 1. The molecule has 0 bridgehead atoms. The largest absolute Gasteiger partial charge is 0.397 e. The Balaban J connectivity index is 3.21. The van der Waals surface area contributed by atoms with Gasteiger partial charge in [0.2, 0.25) is 0 Å². The van der Waals surface area contributed by atoms with Crippen LogP contribution in [0.4, 0.5) is 11.4 Å². The van der Waals surface area contributed by atoms with E-state index in [-0.39, 0.29) is 0 Å². The van der Waals surface area contributed by atoms with Crippen LogP contribution in [-0.4, -0.2) is 0 Å². The van der Waals surface area contributed by atoms with Crippen LogP contribution in [0.3, 0.4) is 0 Å². The van der Waals surface area contributed by atoms with Gasteiger partial charge >= 0.3 is 0 Å². The number of benzene rings is 1. The fraction of sp³-hybridized carbons (Fsp3) is 0.143. The number of hydrogen-bond donors (Lipinski definition) is 1. The van der Waals surface area contributed by atoms with Crippen molar-refractivity contribution in [1.82, 2.24) is 0 Å². The Morgan fingerprint density at radius 1 is 1.50 bits per heavy atom. The minimum Gasteiger partial charge on any atom is -0.397 e. The van der Waals surface area contributed by atoms with Crippen LogP contribution in [0.15, 0.2) is 23.4 Å². The van der Waals surface area contributed by atoms with Crippen LogP contribution in [0.2, 0.25) is 0 Å². The van der Waals surface area contributed by atoms with E-state index >= 15 is 0 Å². The first-order valence-electron chi connectivity index (χ1n) is 2.93. The molecule has 3 heteroatoms. The van der Waals surface area contributed by atoms with Crippen LogP contribution in [0, 0.1) is 11.8 Å². The molecule has 0 saturated carbocycles. The lowest BCUT2D eigenvalue weighted by molar-refractivity contribution is 1.42. The zero-order valence-corrected chi connectivity index (χ0v) is 5.66. The molecule has 0 radical (unpaired) electrons. The van der Waals surface area contributed by atoms with Crippen molar-refractivity contribution in [3.8, 4) is 0 Å². The fourth-order valence-electron chi connectivity index (χ4n) is 0.733. The molecule has 3 nitrogen and oxygen atoms in total. The molecule has 10 heavy (non-hydrogen) atoms. The van der Waals surface area contributed by atoms with E-state index in [1.54, 1.807) is 12.1 Å². The third-order valence-corrected chi connectivity index (χ3v) is 1.28. The fourth-order valence-corrected chi connectivity index (χ4v) is 0.733. The van der Waals surface area contributed by atoms with Crippen molar-refractivity contribution in [3.63, 3.8) is 0 Å². The second kappa shape index (κ2) is 2.47. The third-order valence-electron chi connectivity index (χ3n) is 1.28. The van der Waals surface area contributed by atoms with Gasteiger partial charge in [0, 0.05) is 0 Å². The van der Waals surface area contributed by atoms with E-state index in [0.717, 1.165) is 5.56 Å². The second-order valence-electron chi connectivity index (χ2n) is 2.15. The Hall–Kier alpha value is -1.38. The number of nitrogens with zero attached hydrogens (tertiary/aromatic N) is 1. The summed E-state index contributed by atoms with van der Waals surface area (Å²) in [5.41, 5.74) is 7.15. The number of aryl methyl sites for hydroxylation is 1. The molecule has 0 aliphatic carbocycles. The first kappa shape index (κ1) is 6.74. The van der Waals surface area contributed by atoms with Crippen LogP contribution in [0.1, 0.15) is 5.56 Å². The van der Waals surface area contributed by atoms with E-state index in [4.69, 9.17) is 5.73 Å². The summed E-state index contributed by atoms with van der Waals surface area (Å²) in [6.45, 7) is 1.88. The molecular formula is C7H8N2O. The molecule has 1 aromatic carbocycles. The highest BCUT2D eigenvalue weighted by molar-refractivity contribution is 5.62. The maximum absolute atomic E-state index is 10.0. The highest BCUT2D eigenvalue weighted by Crippen LogP contribution is 2.21. The van der Waals surface area contributed by atoms with Gasteiger partial charge in [0.15, 0.2) is 0 Å². The van der Waals surface area contributed by atoms with Gasteiger partial charge in [-0.1, -0.05) is 6.07 Å². The van der Waals surface area contributed by atoms with Gasteiger partial charge in [-0.15, -0.1) is 4.91 Å². The van der Waals surface area contributed by atoms with E-state index in [1.807, 2.05) is 13.0 Å². The minimum absolute atomic E-state index is 0.319. The predicted octanol–water partition coefficient (Wildman–Crippen LogP) is 1.98. The van der Waals surface area contributed by atoms with Crippen molar-refractivity contribution in [2.24, 2.45) is 5.18 Å².